The van der Waals surface area contributed by atoms with Gasteiger partial charge in [-0.3, -0.25) is 9.59 Å². The third-order valence-electron chi connectivity index (χ3n) is 4.22. The molecule has 0 bridgehead atoms. The quantitative estimate of drug-likeness (QED) is 0.868. The highest BCUT2D eigenvalue weighted by atomic mass is 16.2. The number of rotatable bonds is 3. The highest BCUT2D eigenvalue weighted by Crippen LogP contribution is 2.28. The van der Waals surface area contributed by atoms with Crippen LogP contribution < -0.4 is 4.90 Å². The lowest BCUT2D eigenvalue weighted by Gasteiger charge is -2.29. The van der Waals surface area contributed by atoms with Crippen LogP contribution in [0, 0.1) is 5.92 Å². The third-order valence-corrected chi connectivity index (χ3v) is 4.22. The van der Waals surface area contributed by atoms with Crippen molar-refractivity contribution in [3.8, 4) is 0 Å². The van der Waals surface area contributed by atoms with Crippen LogP contribution in [0.3, 0.4) is 0 Å². The van der Waals surface area contributed by atoms with Crippen molar-refractivity contribution in [3.05, 3.63) is 65.7 Å². The van der Waals surface area contributed by atoms with Crippen LogP contribution in [-0.2, 0) is 11.2 Å². The zero-order valence-corrected chi connectivity index (χ0v) is 12.7. The van der Waals surface area contributed by atoms with Gasteiger partial charge in [-0.1, -0.05) is 42.5 Å². The Morgan fingerprint density at radius 2 is 1.73 bits per heavy atom. The van der Waals surface area contributed by atoms with E-state index >= 15 is 0 Å². The molecule has 22 heavy (non-hydrogen) atoms. The minimum atomic E-state index is -0.262. The van der Waals surface area contributed by atoms with Crippen LogP contribution in [0.4, 0.5) is 5.69 Å². The third kappa shape index (κ3) is 2.67. The van der Waals surface area contributed by atoms with E-state index < -0.39 is 0 Å². The molecule has 0 fully saturated rings. The predicted molar refractivity (Wildman–Crippen MR) is 87.1 cm³/mol. The molecule has 0 heterocycles. The molecule has 0 aromatic heterocycles. The molecule has 0 N–H and O–H groups in total. The van der Waals surface area contributed by atoms with Crippen molar-refractivity contribution in [2.75, 3.05) is 11.4 Å². The van der Waals surface area contributed by atoms with E-state index in [1.165, 1.54) is 0 Å². The average Bonchev–Trinajstić information content (AvgIpc) is 2.56. The number of nitrogens with zero attached hydrogens (tertiary/aromatic N) is 1. The summed E-state index contributed by atoms with van der Waals surface area (Å²) in [6.45, 7) is 2.57. The Labute approximate surface area is 130 Å². The van der Waals surface area contributed by atoms with Gasteiger partial charge in [0.1, 0.15) is 0 Å². The maximum atomic E-state index is 12.9. The molecular formula is C19H19NO2. The van der Waals surface area contributed by atoms with Crippen molar-refractivity contribution < 1.29 is 9.59 Å². The predicted octanol–water partition coefficient (Wildman–Crippen LogP) is 3.48. The largest absolute Gasteiger partial charge is 0.312 e. The monoisotopic (exact) mass is 293 g/mol. The Hall–Kier alpha value is -2.42. The van der Waals surface area contributed by atoms with Gasteiger partial charge >= 0.3 is 0 Å². The van der Waals surface area contributed by atoms with E-state index in [2.05, 4.69) is 0 Å². The SMILES string of the molecule is CCN(C(=O)C1CC(=O)c2ccccc2C1)c1ccccc1. The molecule has 2 aromatic carbocycles. The number of amides is 1. The minimum absolute atomic E-state index is 0.0385. The van der Waals surface area contributed by atoms with Crippen molar-refractivity contribution in [1.29, 1.82) is 0 Å². The number of hydrogen-bond donors (Lipinski definition) is 0. The van der Waals surface area contributed by atoms with Crippen LogP contribution in [0.2, 0.25) is 0 Å². The maximum absolute atomic E-state index is 12.9. The Morgan fingerprint density at radius 3 is 2.45 bits per heavy atom. The molecule has 3 nitrogen and oxygen atoms in total. The summed E-state index contributed by atoms with van der Waals surface area (Å²) in [7, 11) is 0. The smallest absolute Gasteiger partial charge is 0.230 e. The second-order valence-corrected chi connectivity index (χ2v) is 5.60. The summed E-state index contributed by atoms with van der Waals surface area (Å²) in [5, 5.41) is 0. The molecule has 0 spiro atoms. The van der Waals surface area contributed by atoms with Crippen LogP contribution in [0.5, 0.6) is 0 Å². The van der Waals surface area contributed by atoms with Gasteiger partial charge in [0.15, 0.2) is 5.78 Å². The van der Waals surface area contributed by atoms with Gasteiger partial charge in [-0.15, -0.1) is 0 Å². The fraction of sp³-hybridized carbons (Fsp3) is 0.263. The van der Waals surface area contributed by atoms with E-state index in [-0.39, 0.29) is 17.6 Å². The maximum Gasteiger partial charge on any atom is 0.230 e. The normalized spacial score (nSPS) is 17.0. The molecule has 1 atom stereocenters. The van der Waals surface area contributed by atoms with Crippen LogP contribution >= 0.6 is 0 Å². The summed E-state index contributed by atoms with van der Waals surface area (Å²) in [6, 6.07) is 17.2. The van der Waals surface area contributed by atoms with E-state index in [4.69, 9.17) is 0 Å². The van der Waals surface area contributed by atoms with E-state index in [9.17, 15) is 9.59 Å². The highest BCUT2D eigenvalue weighted by Gasteiger charge is 2.32. The van der Waals surface area contributed by atoms with Gasteiger partial charge in [-0.25, -0.2) is 0 Å². The molecule has 3 rings (SSSR count). The zero-order valence-electron chi connectivity index (χ0n) is 12.7. The van der Waals surface area contributed by atoms with Crippen molar-refractivity contribution in [3.63, 3.8) is 0 Å². The van der Waals surface area contributed by atoms with Gasteiger partial charge in [-0.05, 0) is 31.0 Å². The molecule has 3 heteroatoms. The molecule has 0 saturated heterocycles. The molecule has 1 unspecified atom stereocenters. The number of hydrogen-bond acceptors (Lipinski definition) is 2. The first-order valence-electron chi connectivity index (χ1n) is 7.68. The first-order chi connectivity index (χ1) is 10.7. The number of fused-ring (bicyclic) bond motifs is 1. The highest BCUT2D eigenvalue weighted by molar-refractivity contribution is 6.04. The zero-order chi connectivity index (χ0) is 15.5. The Kier molecular flexibility index (Phi) is 4.05. The molecule has 0 aliphatic heterocycles. The van der Waals surface area contributed by atoms with Gasteiger partial charge in [0.2, 0.25) is 5.91 Å². The average molecular weight is 293 g/mol. The van der Waals surface area contributed by atoms with Crippen molar-refractivity contribution >= 4 is 17.4 Å². The first-order valence-corrected chi connectivity index (χ1v) is 7.68. The molecule has 0 saturated carbocycles. The lowest BCUT2D eigenvalue weighted by Crippen LogP contribution is -2.39. The van der Waals surface area contributed by atoms with Gasteiger partial charge in [-0.2, -0.15) is 0 Å². The second kappa shape index (κ2) is 6.14. The fourth-order valence-electron chi connectivity index (χ4n) is 3.11. The van der Waals surface area contributed by atoms with Gasteiger partial charge in [0.05, 0.1) is 0 Å². The summed E-state index contributed by atoms with van der Waals surface area (Å²) in [4.78, 5) is 26.9. The number of para-hydroxylation sites is 1. The molecule has 2 aromatic rings. The standard InChI is InChI=1S/C19H19NO2/c1-2-20(16-9-4-3-5-10-16)19(22)15-12-14-8-6-7-11-17(14)18(21)13-15/h3-11,15H,2,12-13H2,1H3. The van der Waals surface area contributed by atoms with Crippen molar-refractivity contribution in [2.45, 2.75) is 19.8 Å². The van der Waals surface area contributed by atoms with Crippen LogP contribution in [0.1, 0.15) is 29.3 Å². The molecule has 0 radical (unpaired) electrons. The van der Waals surface area contributed by atoms with Crippen LogP contribution in [0.25, 0.3) is 0 Å². The van der Waals surface area contributed by atoms with Crippen molar-refractivity contribution in [2.24, 2.45) is 5.92 Å². The lowest BCUT2D eigenvalue weighted by molar-refractivity contribution is -0.122. The van der Waals surface area contributed by atoms with Gasteiger partial charge in [0.25, 0.3) is 0 Å². The number of anilines is 1. The minimum Gasteiger partial charge on any atom is -0.312 e. The number of ketones is 1. The molecule has 1 aliphatic rings. The number of carbonyl (C=O) groups excluding carboxylic acids is 2. The Bertz CT molecular complexity index is 694. The number of benzene rings is 2. The number of Topliss-reactive ketones (excluding diaryl/α,β-unsaturated/α-hetero) is 1. The van der Waals surface area contributed by atoms with Crippen molar-refractivity contribution in [1.82, 2.24) is 0 Å². The lowest BCUT2D eigenvalue weighted by atomic mass is 9.82. The van der Waals surface area contributed by atoms with Gasteiger partial charge < -0.3 is 4.90 Å². The first kappa shape index (κ1) is 14.5. The summed E-state index contributed by atoms with van der Waals surface area (Å²) < 4.78 is 0. The van der Waals surface area contributed by atoms with Gasteiger partial charge in [0, 0.05) is 30.1 Å². The summed E-state index contributed by atoms with van der Waals surface area (Å²) >= 11 is 0. The molecular weight excluding hydrogens is 274 g/mol. The van der Waals surface area contributed by atoms with E-state index in [1.54, 1.807) is 4.90 Å². The van der Waals surface area contributed by atoms with E-state index in [0.29, 0.717) is 19.4 Å². The fourth-order valence-corrected chi connectivity index (χ4v) is 3.11. The van der Waals surface area contributed by atoms with E-state index in [0.717, 1.165) is 16.8 Å². The molecule has 1 aliphatic carbocycles. The second-order valence-electron chi connectivity index (χ2n) is 5.60. The Balaban J connectivity index is 1.85. The summed E-state index contributed by atoms with van der Waals surface area (Å²) in [6.07, 6.45) is 0.948. The number of carbonyl (C=O) groups is 2. The summed E-state index contributed by atoms with van der Waals surface area (Å²) in [5.74, 6) is -0.150. The summed E-state index contributed by atoms with van der Waals surface area (Å²) in [5.41, 5.74) is 2.65. The van der Waals surface area contributed by atoms with Crippen LogP contribution in [-0.4, -0.2) is 18.2 Å². The van der Waals surface area contributed by atoms with Crippen LogP contribution in [0.15, 0.2) is 54.6 Å². The molecule has 1 amide bonds. The molecule has 112 valence electrons. The van der Waals surface area contributed by atoms with E-state index in [1.807, 2.05) is 61.5 Å². The Morgan fingerprint density at radius 1 is 1.05 bits per heavy atom. The topological polar surface area (TPSA) is 37.4 Å².